The van der Waals surface area contributed by atoms with Crippen molar-refractivity contribution in [1.29, 1.82) is 0 Å². The predicted molar refractivity (Wildman–Crippen MR) is 47.4 cm³/mol. The van der Waals surface area contributed by atoms with Crippen LogP contribution in [-0.2, 0) is 4.74 Å². The van der Waals surface area contributed by atoms with Gasteiger partial charge in [-0.15, -0.1) is 0 Å². The SMILES string of the molecule is O=c1[nH]c(=O)n(C2CCOC2)c(O)c1F. The summed E-state index contributed by atoms with van der Waals surface area (Å²) < 4.78 is 18.8. The number of hydrogen-bond acceptors (Lipinski definition) is 4. The van der Waals surface area contributed by atoms with Crippen LogP contribution >= 0.6 is 0 Å². The van der Waals surface area contributed by atoms with Crippen LogP contribution < -0.4 is 11.2 Å². The number of nitrogens with one attached hydrogen (secondary N) is 1. The van der Waals surface area contributed by atoms with Gasteiger partial charge in [0.1, 0.15) is 0 Å². The van der Waals surface area contributed by atoms with Crippen molar-refractivity contribution in [2.45, 2.75) is 12.5 Å². The Kier molecular flexibility index (Phi) is 2.31. The number of rotatable bonds is 1. The lowest BCUT2D eigenvalue weighted by molar-refractivity contribution is 0.182. The van der Waals surface area contributed by atoms with E-state index in [1.165, 1.54) is 0 Å². The third kappa shape index (κ3) is 1.54. The third-order valence-electron chi connectivity index (χ3n) is 2.33. The minimum Gasteiger partial charge on any atom is -0.492 e. The van der Waals surface area contributed by atoms with E-state index in [9.17, 15) is 19.1 Å². The van der Waals surface area contributed by atoms with Gasteiger partial charge in [0.15, 0.2) is 0 Å². The van der Waals surface area contributed by atoms with E-state index < -0.39 is 29.0 Å². The number of aromatic amines is 1. The normalized spacial score (nSPS) is 20.7. The molecule has 2 N–H and O–H groups in total. The summed E-state index contributed by atoms with van der Waals surface area (Å²) >= 11 is 0. The molecule has 1 unspecified atom stereocenters. The molecule has 6 nitrogen and oxygen atoms in total. The third-order valence-corrected chi connectivity index (χ3v) is 2.33. The fourth-order valence-corrected chi connectivity index (χ4v) is 1.58. The molecule has 7 heteroatoms. The van der Waals surface area contributed by atoms with Crippen LogP contribution in [0.3, 0.4) is 0 Å². The summed E-state index contributed by atoms with van der Waals surface area (Å²) in [7, 11) is 0. The quantitative estimate of drug-likeness (QED) is 0.652. The van der Waals surface area contributed by atoms with E-state index in [0.29, 0.717) is 13.0 Å². The average molecular weight is 216 g/mol. The molecule has 15 heavy (non-hydrogen) atoms. The van der Waals surface area contributed by atoms with Crippen molar-refractivity contribution in [3.63, 3.8) is 0 Å². The molecule has 82 valence electrons. The molecule has 0 bridgehead atoms. The van der Waals surface area contributed by atoms with E-state index in [-0.39, 0.29) is 6.61 Å². The summed E-state index contributed by atoms with van der Waals surface area (Å²) in [6, 6.07) is -0.427. The first-order valence-electron chi connectivity index (χ1n) is 4.42. The second-order valence-corrected chi connectivity index (χ2v) is 3.28. The Bertz CT molecular complexity index is 486. The van der Waals surface area contributed by atoms with Gasteiger partial charge in [-0.1, -0.05) is 0 Å². The molecule has 1 aliphatic rings. The van der Waals surface area contributed by atoms with Gasteiger partial charge in [0, 0.05) is 6.61 Å². The number of nitrogens with zero attached hydrogens (tertiary/aromatic N) is 1. The molecular weight excluding hydrogens is 207 g/mol. The maximum Gasteiger partial charge on any atom is 0.331 e. The summed E-state index contributed by atoms with van der Waals surface area (Å²) in [6.45, 7) is 0.663. The van der Waals surface area contributed by atoms with Crippen LogP contribution in [0.4, 0.5) is 4.39 Å². The molecule has 0 aliphatic carbocycles. The van der Waals surface area contributed by atoms with Gasteiger partial charge < -0.3 is 9.84 Å². The lowest BCUT2D eigenvalue weighted by atomic mass is 10.2. The Labute approximate surface area is 82.9 Å². The highest BCUT2D eigenvalue weighted by atomic mass is 19.1. The number of hydrogen-bond donors (Lipinski definition) is 2. The van der Waals surface area contributed by atoms with Gasteiger partial charge in [-0.25, -0.2) is 4.79 Å². The zero-order valence-electron chi connectivity index (χ0n) is 7.70. The monoisotopic (exact) mass is 216 g/mol. The topological polar surface area (TPSA) is 84.3 Å². The highest BCUT2D eigenvalue weighted by Gasteiger charge is 2.24. The Morgan fingerprint density at radius 1 is 1.53 bits per heavy atom. The van der Waals surface area contributed by atoms with E-state index in [2.05, 4.69) is 0 Å². The maximum atomic E-state index is 13.0. The molecule has 0 spiro atoms. The minimum atomic E-state index is -1.35. The van der Waals surface area contributed by atoms with E-state index in [0.717, 1.165) is 4.57 Å². The molecule has 1 atom stereocenters. The Hall–Kier alpha value is -1.63. The van der Waals surface area contributed by atoms with Gasteiger partial charge in [0.25, 0.3) is 5.56 Å². The number of aromatic hydroxyl groups is 1. The number of halogens is 1. The molecule has 0 aromatic carbocycles. The first-order chi connectivity index (χ1) is 7.11. The maximum absolute atomic E-state index is 13.0. The first-order valence-corrected chi connectivity index (χ1v) is 4.42. The molecule has 0 radical (unpaired) electrons. The highest BCUT2D eigenvalue weighted by Crippen LogP contribution is 2.21. The molecule has 1 aliphatic heterocycles. The first kappa shape index (κ1) is 9.91. The van der Waals surface area contributed by atoms with Crippen molar-refractivity contribution in [3.05, 3.63) is 26.7 Å². The zero-order chi connectivity index (χ0) is 11.0. The number of ether oxygens (including phenoxy) is 1. The number of aromatic nitrogens is 2. The lowest BCUT2D eigenvalue weighted by Crippen LogP contribution is -2.34. The van der Waals surface area contributed by atoms with Gasteiger partial charge in [-0.2, -0.15) is 4.39 Å². The van der Waals surface area contributed by atoms with E-state index in [1.54, 1.807) is 4.98 Å². The highest BCUT2D eigenvalue weighted by molar-refractivity contribution is 5.11. The Balaban J connectivity index is 2.60. The fourth-order valence-electron chi connectivity index (χ4n) is 1.58. The van der Waals surface area contributed by atoms with Crippen molar-refractivity contribution in [2.75, 3.05) is 13.2 Å². The van der Waals surface area contributed by atoms with Crippen LogP contribution in [0.2, 0.25) is 0 Å². The van der Waals surface area contributed by atoms with E-state index in [1.807, 2.05) is 0 Å². The second-order valence-electron chi connectivity index (χ2n) is 3.28. The average Bonchev–Trinajstić information content (AvgIpc) is 2.68. The van der Waals surface area contributed by atoms with E-state index >= 15 is 0 Å². The van der Waals surface area contributed by atoms with Crippen molar-refractivity contribution in [2.24, 2.45) is 0 Å². The van der Waals surface area contributed by atoms with Gasteiger partial charge in [0.05, 0.1) is 12.6 Å². The molecule has 0 saturated carbocycles. The van der Waals surface area contributed by atoms with Crippen LogP contribution in [0.25, 0.3) is 0 Å². The summed E-state index contributed by atoms with van der Waals surface area (Å²) in [5.41, 5.74) is -2.04. The van der Waals surface area contributed by atoms with Crippen LogP contribution in [0.5, 0.6) is 5.88 Å². The summed E-state index contributed by atoms with van der Waals surface area (Å²) in [4.78, 5) is 23.9. The van der Waals surface area contributed by atoms with Gasteiger partial charge in [-0.3, -0.25) is 14.3 Å². The van der Waals surface area contributed by atoms with Crippen LogP contribution in [0.1, 0.15) is 12.5 Å². The standard InChI is InChI=1S/C8H9FN2O4/c9-5-6(12)10-8(14)11(7(5)13)4-1-2-15-3-4/h4,13H,1-3H2,(H,10,12,14). The molecule has 1 aromatic heterocycles. The Morgan fingerprint density at radius 3 is 2.87 bits per heavy atom. The molecular formula is C8H9FN2O4. The summed E-state index contributed by atoms with van der Waals surface area (Å²) in [5, 5.41) is 9.33. The lowest BCUT2D eigenvalue weighted by Gasteiger charge is -2.12. The van der Waals surface area contributed by atoms with Crippen LogP contribution in [0, 0.1) is 5.82 Å². The molecule has 2 rings (SSSR count). The smallest absolute Gasteiger partial charge is 0.331 e. The van der Waals surface area contributed by atoms with Crippen LogP contribution in [-0.4, -0.2) is 27.9 Å². The van der Waals surface area contributed by atoms with Crippen molar-refractivity contribution in [1.82, 2.24) is 9.55 Å². The second kappa shape index (κ2) is 3.50. The van der Waals surface area contributed by atoms with Gasteiger partial charge in [-0.05, 0) is 6.42 Å². The minimum absolute atomic E-state index is 0.221. The van der Waals surface area contributed by atoms with Crippen LogP contribution in [0.15, 0.2) is 9.59 Å². The molecule has 1 fully saturated rings. The van der Waals surface area contributed by atoms with Gasteiger partial charge >= 0.3 is 5.69 Å². The van der Waals surface area contributed by atoms with Crippen molar-refractivity contribution < 1.29 is 14.2 Å². The molecule has 2 heterocycles. The van der Waals surface area contributed by atoms with E-state index in [4.69, 9.17) is 4.74 Å². The zero-order valence-corrected chi connectivity index (χ0v) is 7.70. The Morgan fingerprint density at radius 2 is 2.27 bits per heavy atom. The predicted octanol–water partition coefficient (Wildman–Crippen LogP) is -0.657. The van der Waals surface area contributed by atoms with Crippen molar-refractivity contribution >= 4 is 0 Å². The largest absolute Gasteiger partial charge is 0.492 e. The molecule has 0 amide bonds. The fraction of sp³-hybridized carbons (Fsp3) is 0.500. The molecule has 1 saturated heterocycles. The number of H-pyrrole nitrogens is 1. The summed E-state index contributed by atoms with van der Waals surface area (Å²) in [6.07, 6.45) is 0.499. The van der Waals surface area contributed by atoms with Crippen molar-refractivity contribution in [3.8, 4) is 5.88 Å². The van der Waals surface area contributed by atoms with Gasteiger partial charge in [0.2, 0.25) is 11.7 Å². The summed E-state index contributed by atoms with van der Waals surface area (Å²) in [5.74, 6) is -2.28. The molecule has 1 aromatic rings.